The van der Waals surface area contributed by atoms with E-state index in [2.05, 4.69) is 10.3 Å². The van der Waals surface area contributed by atoms with Gasteiger partial charge in [0.2, 0.25) is 11.5 Å². The molecule has 2 atom stereocenters. The number of hydrogen-bond acceptors (Lipinski definition) is 4. The first kappa shape index (κ1) is 20.8. The number of hydrogen-bond donors (Lipinski definition) is 2. The van der Waals surface area contributed by atoms with Crippen LogP contribution in [0, 0.1) is 6.92 Å². The fraction of sp³-hybridized carbons (Fsp3) is 0.444. The molecule has 1 amide bonds. The molecule has 1 heterocycles. The summed E-state index contributed by atoms with van der Waals surface area (Å²) < 4.78 is 46.9. The number of amides is 1. The molecule has 0 aliphatic carbocycles. The molecule has 6 nitrogen and oxygen atoms in total. The van der Waals surface area contributed by atoms with Gasteiger partial charge in [-0.15, -0.1) is 0 Å². The van der Waals surface area contributed by atoms with Crippen molar-refractivity contribution in [2.75, 3.05) is 6.61 Å². The first-order valence-corrected chi connectivity index (χ1v) is 8.28. The molecule has 9 heteroatoms. The molecule has 0 aliphatic heterocycles. The van der Waals surface area contributed by atoms with Crippen LogP contribution in [0.3, 0.4) is 0 Å². The second-order valence-electron chi connectivity index (χ2n) is 6.49. The highest BCUT2D eigenvalue weighted by molar-refractivity contribution is 5.77. The van der Waals surface area contributed by atoms with Crippen LogP contribution in [0.15, 0.2) is 36.7 Å². The molecule has 1 aromatic heterocycles. The quantitative estimate of drug-likeness (QED) is 0.768. The lowest BCUT2D eigenvalue weighted by atomic mass is 9.97. The molecule has 2 aromatic rings. The Morgan fingerprint density at radius 2 is 2.11 bits per heavy atom. The van der Waals surface area contributed by atoms with Crippen LogP contribution in [-0.4, -0.2) is 39.4 Å². The normalized spacial score (nSPS) is 15.1. The number of nitrogens with zero attached hydrogens (tertiary/aromatic N) is 2. The first-order chi connectivity index (χ1) is 12.5. The molecular formula is C18H22F3N3O3. The van der Waals surface area contributed by atoms with E-state index in [1.54, 1.807) is 19.1 Å². The van der Waals surface area contributed by atoms with Crippen molar-refractivity contribution in [3.63, 3.8) is 0 Å². The molecule has 2 N–H and O–H groups in total. The summed E-state index contributed by atoms with van der Waals surface area (Å²) in [5, 5.41) is 12.6. The summed E-state index contributed by atoms with van der Waals surface area (Å²) in [4.78, 5) is 15.7. The Kier molecular flexibility index (Phi) is 6.15. The maximum Gasteiger partial charge on any atom is 0.425 e. The molecule has 1 aromatic carbocycles. The molecule has 0 fully saturated rings. The molecule has 0 saturated heterocycles. The number of aryl methyl sites for hydroxylation is 2. The lowest BCUT2D eigenvalue weighted by Crippen LogP contribution is -2.49. The zero-order chi connectivity index (χ0) is 20.2. The monoisotopic (exact) mass is 385 g/mol. The third kappa shape index (κ3) is 5.00. The molecule has 0 bridgehead atoms. The number of benzene rings is 1. The predicted molar refractivity (Wildman–Crippen MR) is 92.1 cm³/mol. The number of aliphatic hydroxyl groups is 1. The van der Waals surface area contributed by atoms with Crippen LogP contribution in [0.2, 0.25) is 0 Å². The molecule has 0 spiro atoms. The van der Waals surface area contributed by atoms with Gasteiger partial charge in [-0.05, 0) is 31.5 Å². The van der Waals surface area contributed by atoms with E-state index in [9.17, 15) is 23.1 Å². The average molecular weight is 385 g/mol. The zero-order valence-electron chi connectivity index (χ0n) is 15.2. The molecule has 0 aliphatic rings. The van der Waals surface area contributed by atoms with Gasteiger partial charge < -0.3 is 19.7 Å². The summed E-state index contributed by atoms with van der Waals surface area (Å²) in [5.41, 5.74) is -2.39. The summed E-state index contributed by atoms with van der Waals surface area (Å²) in [6.07, 6.45) is -3.87. The van der Waals surface area contributed by atoms with Gasteiger partial charge >= 0.3 is 6.18 Å². The van der Waals surface area contributed by atoms with Crippen LogP contribution in [0.25, 0.3) is 0 Å². The Labute approximate surface area is 155 Å². The zero-order valence-corrected chi connectivity index (χ0v) is 15.2. The van der Waals surface area contributed by atoms with Gasteiger partial charge in [0.15, 0.2) is 5.82 Å². The van der Waals surface area contributed by atoms with Crippen molar-refractivity contribution in [3.05, 3.63) is 48.0 Å². The lowest BCUT2D eigenvalue weighted by molar-refractivity contribution is -0.271. The minimum absolute atomic E-state index is 0.0715. The summed E-state index contributed by atoms with van der Waals surface area (Å²) in [6, 6.07) is 6.69. The van der Waals surface area contributed by atoms with Gasteiger partial charge in [0.05, 0.1) is 12.5 Å². The van der Waals surface area contributed by atoms with Crippen molar-refractivity contribution in [2.45, 2.75) is 38.1 Å². The first-order valence-electron chi connectivity index (χ1n) is 8.28. The Bertz CT molecular complexity index is 791. The van der Waals surface area contributed by atoms with Crippen molar-refractivity contribution in [3.8, 4) is 5.75 Å². The maximum atomic E-state index is 13.4. The van der Waals surface area contributed by atoms with E-state index < -0.39 is 36.0 Å². The second-order valence-corrected chi connectivity index (χ2v) is 6.49. The summed E-state index contributed by atoms with van der Waals surface area (Å²) in [5.74, 6) is -1.01. The Hall–Kier alpha value is -2.55. The molecular weight excluding hydrogens is 363 g/mol. The van der Waals surface area contributed by atoms with Crippen molar-refractivity contribution in [2.24, 2.45) is 7.05 Å². The minimum atomic E-state index is -5.06. The van der Waals surface area contributed by atoms with Gasteiger partial charge in [-0.1, -0.05) is 12.1 Å². The highest BCUT2D eigenvalue weighted by Gasteiger charge is 2.58. The summed E-state index contributed by atoms with van der Waals surface area (Å²) >= 11 is 0. The molecule has 0 saturated carbocycles. The highest BCUT2D eigenvalue weighted by Crippen LogP contribution is 2.40. The standard InChI is InChI=1S/C18H22F3N3O3/c1-12-5-4-6-14(9-12)27-11-13(2)23-15(25)10-17(26,18(19,20)21)16-22-7-8-24(16)3/h4-9,13,26H,10-11H2,1-3H3,(H,23,25). The van der Waals surface area contributed by atoms with Crippen molar-refractivity contribution >= 4 is 5.91 Å². The van der Waals surface area contributed by atoms with Crippen LogP contribution in [0.5, 0.6) is 5.75 Å². The largest absolute Gasteiger partial charge is 0.491 e. The molecule has 148 valence electrons. The fourth-order valence-electron chi connectivity index (χ4n) is 2.60. The van der Waals surface area contributed by atoms with Crippen molar-refractivity contribution in [1.29, 1.82) is 0 Å². The molecule has 2 rings (SSSR count). The van der Waals surface area contributed by atoms with E-state index in [0.717, 1.165) is 16.3 Å². The van der Waals surface area contributed by atoms with E-state index in [-0.39, 0.29) is 6.61 Å². The SMILES string of the molecule is Cc1cccc(OCC(C)NC(=O)CC(O)(c2nccn2C)C(F)(F)F)c1. The number of nitrogens with one attached hydrogen (secondary N) is 1. The lowest BCUT2D eigenvalue weighted by Gasteiger charge is -2.29. The van der Waals surface area contributed by atoms with Crippen molar-refractivity contribution < 1.29 is 27.8 Å². The number of ether oxygens (including phenoxy) is 1. The van der Waals surface area contributed by atoms with Crippen LogP contribution in [-0.2, 0) is 17.4 Å². The van der Waals surface area contributed by atoms with Gasteiger partial charge in [-0.25, -0.2) is 4.98 Å². The number of aromatic nitrogens is 2. The Balaban J connectivity index is 2.00. The third-order valence-corrected chi connectivity index (χ3v) is 3.97. The van der Waals surface area contributed by atoms with E-state index >= 15 is 0 Å². The number of rotatable bonds is 7. The van der Waals surface area contributed by atoms with Gasteiger partial charge in [-0.3, -0.25) is 4.79 Å². The smallest absolute Gasteiger partial charge is 0.425 e. The maximum absolute atomic E-state index is 13.4. The summed E-state index contributed by atoms with van der Waals surface area (Å²) in [6.45, 7) is 3.57. The Morgan fingerprint density at radius 1 is 1.41 bits per heavy atom. The Morgan fingerprint density at radius 3 is 2.67 bits per heavy atom. The molecule has 0 radical (unpaired) electrons. The minimum Gasteiger partial charge on any atom is -0.491 e. The number of carbonyl (C=O) groups is 1. The number of halogens is 3. The van der Waals surface area contributed by atoms with E-state index in [0.29, 0.717) is 5.75 Å². The predicted octanol–water partition coefficient (Wildman–Crippen LogP) is 2.45. The van der Waals surface area contributed by atoms with Crippen LogP contribution in [0.4, 0.5) is 13.2 Å². The van der Waals surface area contributed by atoms with E-state index in [1.165, 1.54) is 13.2 Å². The number of imidazole rings is 1. The van der Waals surface area contributed by atoms with Gasteiger partial charge in [0, 0.05) is 19.4 Å². The number of carbonyl (C=O) groups excluding carboxylic acids is 1. The van der Waals surface area contributed by atoms with Crippen LogP contribution in [0.1, 0.15) is 24.7 Å². The molecule has 27 heavy (non-hydrogen) atoms. The van der Waals surface area contributed by atoms with Gasteiger partial charge in [0.25, 0.3) is 0 Å². The van der Waals surface area contributed by atoms with E-state index in [4.69, 9.17) is 4.74 Å². The fourth-order valence-corrected chi connectivity index (χ4v) is 2.60. The van der Waals surface area contributed by atoms with Crippen LogP contribution >= 0.6 is 0 Å². The van der Waals surface area contributed by atoms with Gasteiger partial charge in [0.1, 0.15) is 12.4 Å². The third-order valence-electron chi connectivity index (χ3n) is 3.97. The number of alkyl halides is 3. The topological polar surface area (TPSA) is 76.4 Å². The second kappa shape index (κ2) is 7.99. The van der Waals surface area contributed by atoms with Crippen LogP contribution < -0.4 is 10.1 Å². The van der Waals surface area contributed by atoms with Crippen molar-refractivity contribution in [1.82, 2.24) is 14.9 Å². The highest BCUT2D eigenvalue weighted by atomic mass is 19.4. The molecule has 2 unspecified atom stereocenters. The van der Waals surface area contributed by atoms with E-state index in [1.807, 2.05) is 19.1 Å². The van der Waals surface area contributed by atoms with Gasteiger partial charge in [-0.2, -0.15) is 13.2 Å². The summed E-state index contributed by atoms with van der Waals surface area (Å²) in [7, 11) is 1.31. The average Bonchev–Trinajstić information content (AvgIpc) is 2.98.